The van der Waals surface area contributed by atoms with Gasteiger partial charge in [-0.15, -0.1) is 0 Å². The average Bonchev–Trinajstić information content (AvgIpc) is 2.93. The van der Waals surface area contributed by atoms with Crippen molar-refractivity contribution in [1.82, 2.24) is 0 Å². The number of ketones is 1. The van der Waals surface area contributed by atoms with Gasteiger partial charge in [-0.2, -0.15) is 0 Å². The second-order valence-corrected chi connectivity index (χ2v) is 19.6. The van der Waals surface area contributed by atoms with Crippen LogP contribution in [0.5, 0.6) is 0 Å². The van der Waals surface area contributed by atoms with Gasteiger partial charge in [0.1, 0.15) is 5.78 Å². The number of benzene rings is 1. The zero-order valence-corrected chi connectivity index (χ0v) is 30.0. The minimum Gasteiger partial charge on any atom is -0.390 e. The normalized spacial score (nSPS) is 25.1. The molecule has 1 N–H and O–H groups in total. The molecule has 0 amide bonds. The maximum absolute atomic E-state index is 13.3. The molecule has 1 fully saturated rings. The maximum atomic E-state index is 13.3. The van der Waals surface area contributed by atoms with E-state index in [1.807, 2.05) is 63.3 Å². The predicted octanol–water partition coefficient (Wildman–Crippen LogP) is 8.83. The van der Waals surface area contributed by atoms with Crippen LogP contribution in [0.15, 0.2) is 66.8 Å². The van der Waals surface area contributed by atoms with E-state index in [2.05, 4.69) is 81.0 Å². The van der Waals surface area contributed by atoms with E-state index in [1.54, 1.807) is 0 Å². The van der Waals surface area contributed by atoms with Crippen LogP contribution >= 0.6 is 0 Å². The molecule has 6 heteroatoms. The van der Waals surface area contributed by atoms with Crippen molar-refractivity contribution in [2.75, 3.05) is 6.61 Å². The zero-order valence-electron chi connectivity index (χ0n) is 29.0. The highest BCUT2D eigenvalue weighted by Crippen LogP contribution is 2.57. The Labute approximate surface area is 264 Å². The van der Waals surface area contributed by atoms with E-state index in [1.165, 1.54) is 0 Å². The lowest BCUT2D eigenvalue weighted by Crippen LogP contribution is -2.67. The molecule has 1 aromatic rings. The predicted molar refractivity (Wildman–Crippen MR) is 181 cm³/mol. The molecule has 8 atom stereocenters. The van der Waals surface area contributed by atoms with E-state index in [-0.39, 0.29) is 51.7 Å². The molecular formula is C37H60O5Si. The second-order valence-electron chi connectivity index (χ2n) is 14.9. The third kappa shape index (κ3) is 9.10. The van der Waals surface area contributed by atoms with Crippen LogP contribution in [-0.2, 0) is 25.0 Å². The van der Waals surface area contributed by atoms with Gasteiger partial charge >= 0.3 is 8.56 Å². The summed E-state index contributed by atoms with van der Waals surface area (Å²) < 4.78 is 20.2. The van der Waals surface area contributed by atoms with E-state index >= 15 is 0 Å². The Balaban J connectivity index is 2.26. The molecule has 0 unspecified atom stereocenters. The highest BCUT2D eigenvalue weighted by molar-refractivity contribution is 6.73. The fourth-order valence-electron chi connectivity index (χ4n) is 6.80. The summed E-state index contributed by atoms with van der Waals surface area (Å²) in [5.41, 5.74) is 1.87. The minimum absolute atomic E-state index is 0.00596. The summed E-state index contributed by atoms with van der Waals surface area (Å²) in [7, 11) is -2.81. The molecule has 5 nitrogen and oxygen atoms in total. The monoisotopic (exact) mass is 612 g/mol. The largest absolute Gasteiger partial charge is 0.390 e. The first-order valence-electron chi connectivity index (χ1n) is 16.0. The van der Waals surface area contributed by atoms with Gasteiger partial charge in [0.25, 0.3) is 0 Å². The van der Waals surface area contributed by atoms with Gasteiger partial charge in [-0.3, -0.25) is 4.79 Å². The standard InChI is InChI=1S/C37H60O5Si/c1-14-15-19-25(2)34-30(7)35(42-43(41-34,36(8,9)10)37(11,12)13)27(4)22-26(3)32(38)29(6)33(39)28(5)23-40-24-31-20-17-16-18-21-31/h14-22,25,27-30,32,34-35,38H,1,23-24H2,2-13H3/b19-15-,26-22+/t25-,27-,28-,29-,30+,32-,34-,35+/m1/s1. The van der Waals surface area contributed by atoms with Crippen molar-refractivity contribution >= 4 is 14.3 Å². The smallest absolute Gasteiger partial charge is 0.349 e. The molecule has 0 spiro atoms. The van der Waals surface area contributed by atoms with Gasteiger partial charge in [0.05, 0.1) is 31.5 Å². The van der Waals surface area contributed by atoms with Crippen LogP contribution in [0.3, 0.4) is 0 Å². The van der Waals surface area contributed by atoms with Crippen LogP contribution in [0.4, 0.5) is 0 Å². The minimum atomic E-state index is -2.81. The highest BCUT2D eigenvalue weighted by atomic mass is 28.4. The van der Waals surface area contributed by atoms with Gasteiger partial charge in [0, 0.05) is 27.8 Å². The van der Waals surface area contributed by atoms with E-state index in [0.717, 1.165) is 11.1 Å². The number of hydrogen-bond donors (Lipinski definition) is 1. The van der Waals surface area contributed by atoms with Crippen molar-refractivity contribution in [2.45, 2.75) is 118 Å². The first-order valence-corrected chi connectivity index (χ1v) is 17.9. The van der Waals surface area contributed by atoms with Crippen molar-refractivity contribution < 1.29 is 23.5 Å². The summed E-state index contributed by atoms with van der Waals surface area (Å²) in [5, 5.41) is 11.0. The molecule has 2 rings (SSSR count). The lowest BCUT2D eigenvalue weighted by Gasteiger charge is -2.58. The first-order chi connectivity index (χ1) is 19.9. The van der Waals surface area contributed by atoms with Gasteiger partial charge < -0.3 is 18.7 Å². The Morgan fingerprint density at radius 2 is 1.53 bits per heavy atom. The fourth-order valence-corrected chi connectivity index (χ4v) is 12.1. The molecule has 0 saturated carbocycles. The Hall–Kier alpha value is -1.83. The Kier molecular flexibility index (Phi) is 13.4. The van der Waals surface area contributed by atoms with Crippen molar-refractivity contribution in [3.8, 4) is 0 Å². The third-order valence-corrected chi connectivity index (χ3v) is 14.2. The summed E-state index contributed by atoms with van der Waals surface area (Å²) in [6.45, 7) is 30.3. The fraction of sp³-hybridized carbons (Fsp3) is 0.649. The second kappa shape index (κ2) is 15.4. The maximum Gasteiger partial charge on any atom is 0.349 e. The number of Topliss-reactive ketones (excluding diaryl/α,β-unsaturated/α-hetero) is 1. The lowest BCUT2D eigenvalue weighted by atomic mass is 9.82. The molecule has 1 aliphatic heterocycles. The molecule has 242 valence electrons. The number of allylic oxidation sites excluding steroid dienone is 2. The van der Waals surface area contributed by atoms with Gasteiger partial charge in [-0.25, -0.2) is 0 Å². The molecule has 43 heavy (non-hydrogen) atoms. The summed E-state index contributed by atoms with van der Waals surface area (Å²) in [6, 6.07) is 9.94. The molecular weight excluding hydrogens is 552 g/mol. The highest BCUT2D eigenvalue weighted by Gasteiger charge is 2.64. The number of aliphatic hydroxyl groups is 1. The third-order valence-electron chi connectivity index (χ3n) is 9.08. The molecule has 1 saturated heterocycles. The summed E-state index contributed by atoms with van der Waals surface area (Å²) >= 11 is 0. The number of aliphatic hydroxyl groups excluding tert-OH is 1. The van der Waals surface area contributed by atoms with Gasteiger partial charge in [0.15, 0.2) is 0 Å². The van der Waals surface area contributed by atoms with Crippen LogP contribution in [0.2, 0.25) is 10.1 Å². The molecule has 0 bridgehead atoms. The molecule has 0 aliphatic carbocycles. The van der Waals surface area contributed by atoms with Gasteiger partial charge in [-0.1, -0.05) is 137 Å². The van der Waals surface area contributed by atoms with Crippen molar-refractivity contribution in [3.05, 3.63) is 72.4 Å². The van der Waals surface area contributed by atoms with E-state index in [0.29, 0.717) is 13.2 Å². The Bertz CT molecular complexity index is 1080. The van der Waals surface area contributed by atoms with Crippen molar-refractivity contribution in [2.24, 2.45) is 29.6 Å². The average molecular weight is 613 g/mol. The van der Waals surface area contributed by atoms with Crippen LogP contribution in [0.1, 0.15) is 88.6 Å². The molecule has 0 aromatic heterocycles. The van der Waals surface area contributed by atoms with Crippen molar-refractivity contribution in [1.29, 1.82) is 0 Å². The number of rotatable bonds is 13. The number of carbonyl (C=O) groups is 1. The molecule has 0 radical (unpaired) electrons. The SMILES string of the molecule is C=C/C=C\[C@@H](C)[C@H]1O[Si](C(C)(C)C)(C(C)(C)C)O[C@@H]([C@H](C)/C=C(\C)[C@@H](O)[C@@H](C)C(=O)[C@H](C)COCc2ccccc2)[C@H]1C. The molecule has 1 aromatic carbocycles. The number of carbonyl (C=O) groups excluding carboxylic acids is 1. The summed E-state index contributed by atoms with van der Waals surface area (Å²) in [4.78, 5) is 13.3. The topological polar surface area (TPSA) is 65.0 Å². The Morgan fingerprint density at radius 1 is 1.00 bits per heavy atom. The quantitative estimate of drug-likeness (QED) is 0.137. The summed E-state index contributed by atoms with van der Waals surface area (Å²) in [5.74, 6) is -0.535. The molecule has 1 aliphatic rings. The van der Waals surface area contributed by atoms with Gasteiger partial charge in [-0.05, 0) is 29.9 Å². The van der Waals surface area contributed by atoms with Crippen LogP contribution in [0, 0.1) is 29.6 Å². The van der Waals surface area contributed by atoms with Crippen LogP contribution < -0.4 is 0 Å². The van der Waals surface area contributed by atoms with Gasteiger partial charge in [0.2, 0.25) is 0 Å². The first kappa shape index (κ1) is 37.4. The van der Waals surface area contributed by atoms with Crippen LogP contribution in [0.25, 0.3) is 0 Å². The number of ether oxygens (including phenoxy) is 1. The zero-order chi connectivity index (χ0) is 32.8. The van der Waals surface area contributed by atoms with E-state index < -0.39 is 20.6 Å². The van der Waals surface area contributed by atoms with Crippen LogP contribution in [-0.4, -0.2) is 44.4 Å². The van der Waals surface area contributed by atoms with E-state index in [4.69, 9.17) is 13.6 Å². The molecule has 1 heterocycles. The van der Waals surface area contributed by atoms with Crippen molar-refractivity contribution in [3.63, 3.8) is 0 Å². The summed E-state index contributed by atoms with van der Waals surface area (Å²) in [6.07, 6.45) is 7.11. The lowest BCUT2D eigenvalue weighted by molar-refractivity contribution is -0.130. The Morgan fingerprint density at radius 3 is 2.05 bits per heavy atom. The van der Waals surface area contributed by atoms with E-state index in [9.17, 15) is 9.90 Å². The number of hydrogen-bond acceptors (Lipinski definition) is 5.